The molecule has 2 aromatic rings. The smallest absolute Gasteiger partial charge is 0.279 e. The van der Waals surface area contributed by atoms with Gasteiger partial charge in [0.15, 0.2) is 15.6 Å². The number of nitro groups is 1. The highest BCUT2D eigenvalue weighted by molar-refractivity contribution is 7.91. The summed E-state index contributed by atoms with van der Waals surface area (Å²) in [4.78, 5) is 25.9. The van der Waals surface area contributed by atoms with E-state index in [-0.39, 0.29) is 40.3 Å². The molecule has 0 amide bonds. The lowest BCUT2D eigenvalue weighted by atomic mass is 9.96. The van der Waals surface area contributed by atoms with Gasteiger partial charge in [0.05, 0.1) is 32.9 Å². The van der Waals surface area contributed by atoms with Crippen LogP contribution in [0, 0.1) is 16.0 Å². The van der Waals surface area contributed by atoms with Crippen LogP contribution >= 0.6 is 0 Å². The maximum absolute atomic E-state index is 12.5. The lowest BCUT2D eigenvalue weighted by molar-refractivity contribution is -0.383. The van der Waals surface area contributed by atoms with Crippen LogP contribution in [0.5, 0.6) is 0 Å². The molecular weight excluding hydrogens is 296 g/mol. The van der Waals surface area contributed by atoms with Gasteiger partial charge in [-0.1, -0.05) is 6.07 Å². The summed E-state index contributed by atoms with van der Waals surface area (Å²) in [6, 6.07) is 4.51. The number of nitrogens with zero attached hydrogens (tertiary/aromatic N) is 1. The molecule has 0 radical (unpaired) electrons. The number of fused-ring (bicyclic) bond motifs is 1. The number of nitro benzene ring substituents is 1. The Morgan fingerprint density at radius 3 is 2.76 bits per heavy atom. The number of hydrogen-bond donors (Lipinski definition) is 1. The number of carbonyl (C=O) groups is 1. The molecule has 0 bridgehead atoms. The monoisotopic (exact) mass is 308 g/mol. The number of H-pyrrole nitrogens is 1. The molecule has 7 nitrogen and oxygen atoms in total. The number of hydrogen-bond acceptors (Lipinski definition) is 5. The van der Waals surface area contributed by atoms with Gasteiger partial charge in [0, 0.05) is 18.2 Å². The number of rotatable bonds is 3. The van der Waals surface area contributed by atoms with Gasteiger partial charge in [-0.15, -0.1) is 0 Å². The first kappa shape index (κ1) is 13.7. The number of benzene rings is 1. The summed E-state index contributed by atoms with van der Waals surface area (Å²) in [5.74, 6) is -1.15. The summed E-state index contributed by atoms with van der Waals surface area (Å²) in [7, 11) is -3.18. The largest absolute Gasteiger partial charge is 0.360 e. The third-order valence-corrected chi connectivity index (χ3v) is 5.52. The Bertz CT molecular complexity index is 853. The summed E-state index contributed by atoms with van der Waals surface area (Å²) < 4.78 is 23.0. The topological polar surface area (TPSA) is 110 Å². The van der Waals surface area contributed by atoms with Gasteiger partial charge in [0.2, 0.25) is 0 Å². The minimum absolute atomic E-state index is 0.00610. The fraction of sp³-hybridized carbons (Fsp3) is 0.308. The maximum Gasteiger partial charge on any atom is 0.279 e. The molecule has 8 heteroatoms. The molecule has 110 valence electrons. The Balaban J connectivity index is 2.09. The Morgan fingerprint density at radius 1 is 1.38 bits per heavy atom. The number of ketones is 1. The van der Waals surface area contributed by atoms with Crippen LogP contribution in [0.25, 0.3) is 10.9 Å². The van der Waals surface area contributed by atoms with Crippen molar-refractivity contribution in [1.29, 1.82) is 0 Å². The van der Waals surface area contributed by atoms with E-state index >= 15 is 0 Å². The fourth-order valence-corrected chi connectivity index (χ4v) is 4.48. The molecule has 1 fully saturated rings. The van der Waals surface area contributed by atoms with Crippen molar-refractivity contribution in [2.75, 3.05) is 11.5 Å². The predicted molar refractivity (Wildman–Crippen MR) is 76.0 cm³/mol. The average molecular weight is 308 g/mol. The van der Waals surface area contributed by atoms with Crippen LogP contribution in [0.15, 0.2) is 24.4 Å². The SMILES string of the molecule is O=C(c1c[nH]c2cccc([N+](=O)[O-])c12)C1CCS(=O)(=O)C1. The van der Waals surface area contributed by atoms with E-state index in [0.717, 1.165) is 0 Å². The molecule has 1 atom stereocenters. The molecule has 1 unspecified atom stereocenters. The summed E-state index contributed by atoms with van der Waals surface area (Å²) in [6.07, 6.45) is 1.69. The second kappa shape index (κ2) is 4.66. The molecule has 1 N–H and O–H groups in total. The third-order valence-electron chi connectivity index (χ3n) is 3.75. The van der Waals surface area contributed by atoms with E-state index in [2.05, 4.69) is 4.98 Å². The van der Waals surface area contributed by atoms with E-state index in [4.69, 9.17) is 0 Å². The van der Waals surface area contributed by atoms with Gasteiger partial charge in [0.25, 0.3) is 5.69 Å². The second-order valence-corrected chi connectivity index (χ2v) is 7.35. The van der Waals surface area contributed by atoms with Crippen LogP contribution in [0.3, 0.4) is 0 Å². The number of aromatic amines is 1. The number of Topliss-reactive ketones (excluding diaryl/α,β-unsaturated/α-hetero) is 1. The molecule has 1 aliphatic rings. The Morgan fingerprint density at radius 2 is 2.14 bits per heavy atom. The van der Waals surface area contributed by atoms with Crippen molar-refractivity contribution in [3.8, 4) is 0 Å². The number of non-ortho nitro benzene ring substituents is 1. The van der Waals surface area contributed by atoms with Crippen molar-refractivity contribution in [3.63, 3.8) is 0 Å². The van der Waals surface area contributed by atoms with Crippen molar-refractivity contribution in [1.82, 2.24) is 4.98 Å². The van der Waals surface area contributed by atoms with Gasteiger partial charge < -0.3 is 4.98 Å². The molecule has 0 saturated carbocycles. The van der Waals surface area contributed by atoms with Gasteiger partial charge in [0.1, 0.15) is 0 Å². The average Bonchev–Trinajstić information content (AvgIpc) is 3.00. The van der Waals surface area contributed by atoms with Crippen LogP contribution in [0.2, 0.25) is 0 Å². The first-order valence-electron chi connectivity index (χ1n) is 6.38. The van der Waals surface area contributed by atoms with Crippen LogP contribution in [-0.2, 0) is 9.84 Å². The first-order chi connectivity index (χ1) is 9.89. The highest BCUT2D eigenvalue weighted by atomic mass is 32.2. The number of carbonyl (C=O) groups excluding carboxylic acids is 1. The van der Waals surface area contributed by atoms with Gasteiger partial charge in [-0.3, -0.25) is 14.9 Å². The van der Waals surface area contributed by atoms with Crippen molar-refractivity contribution >= 4 is 32.2 Å². The molecule has 1 aromatic heterocycles. The lowest BCUT2D eigenvalue weighted by Gasteiger charge is -2.05. The zero-order chi connectivity index (χ0) is 15.2. The lowest BCUT2D eigenvalue weighted by Crippen LogP contribution is -2.16. The van der Waals surface area contributed by atoms with E-state index in [1.54, 1.807) is 6.07 Å². The zero-order valence-corrected chi connectivity index (χ0v) is 11.7. The summed E-state index contributed by atoms with van der Waals surface area (Å²) in [6.45, 7) is 0. The van der Waals surface area contributed by atoms with Gasteiger partial charge in [-0.2, -0.15) is 0 Å². The van der Waals surface area contributed by atoms with E-state index in [0.29, 0.717) is 5.52 Å². The molecule has 1 saturated heterocycles. The van der Waals surface area contributed by atoms with E-state index in [1.165, 1.54) is 18.3 Å². The second-order valence-electron chi connectivity index (χ2n) is 5.12. The molecule has 2 heterocycles. The molecule has 3 rings (SSSR count). The number of aromatic nitrogens is 1. The molecule has 1 aliphatic heterocycles. The normalized spacial score (nSPS) is 20.7. The van der Waals surface area contributed by atoms with Crippen molar-refractivity contribution in [3.05, 3.63) is 40.1 Å². The molecule has 21 heavy (non-hydrogen) atoms. The molecule has 0 spiro atoms. The van der Waals surface area contributed by atoms with E-state index < -0.39 is 20.7 Å². The summed E-state index contributed by atoms with van der Waals surface area (Å²) in [5.41, 5.74) is 0.533. The third kappa shape index (κ3) is 2.31. The fourth-order valence-electron chi connectivity index (χ4n) is 2.73. The van der Waals surface area contributed by atoms with Crippen molar-refractivity contribution in [2.45, 2.75) is 6.42 Å². The van der Waals surface area contributed by atoms with Gasteiger partial charge in [-0.25, -0.2) is 8.42 Å². The maximum atomic E-state index is 12.5. The van der Waals surface area contributed by atoms with Crippen LogP contribution in [0.4, 0.5) is 5.69 Å². The Kier molecular flexibility index (Phi) is 3.05. The van der Waals surface area contributed by atoms with Crippen LogP contribution in [-0.4, -0.2) is 35.6 Å². The van der Waals surface area contributed by atoms with Crippen molar-refractivity contribution < 1.29 is 18.1 Å². The minimum Gasteiger partial charge on any atom is -0.360 e. The van der Waals surface area contributed by atoms with Gasteiger partial charge in [-0.05, 0) is 12.5 Å². The quantitative estimate of drug-likeness (QED) is 0.527. The molecule has 1 aromatic carbocycles. The minimum atomic E-state index is -3.18. The molecular formula is C13H12N2O5S. The highest BCUT2D eigenvalue weighted by Crippen LogP contribution is 2.32. The van der Waals surface area contributed by atoms with E-state index in [9.17, 15) is 23.3 Å². The summed E-state index contributed by atoms with van der Waals surface area (Å²) in [5, 5.41) is 11.3. The van der Waals surface area contributed by atoms with Crippen LogP contribution in [0.1, 0.15) is 16.8 Å². The number of nitrogens with one attached hydrogen (secondary N) is 1. The summed E-state index contributed by atoms with van der Waals surface area (Å²) >= 11 is 0. The standard InChI is InChI=1S/C13H12N2O5S/c16-13(8-4-5-21(19,20)7-8)9-6-14-10-2-1-3-11(12(9)10)15(17)18/h1-3,6,8,14H,4-5,7H2. The van der Waals surface area contributed by atoms with Crippen molar-refractivity contribution in [2.24, 2.45) is 5.92 Å². The van der Waals surface area contributed by atoms with Crippen LogP contribution < -0.4 is 0 Å². The first-order valence-corrected chi connectivity index (χ1v) is 8.20. The Hall–Kier alpha value is -2.22. The zero-order valence-electron chi connectivity index (χ0n) is 10.9. The molecule has 0 aliphatic carbocycles. The number of sulfone groups is 1. The Labute approximate surface area is 120 Å². The predicted octanol–water partition coefficient (Wildman–Crippen LogP) is 1.69. The van der Waals surface area contributed by atoms with Gasteiger partial charge >= 0.3 is 0 Å². The van der Waals surface area contributed by atoms with E-state index in [1.807, 2.05) is 0 Å². The highest BCUT2D eigenvalue weighted by Gasteiger charge is 2.35.